The number of aliphatic hydroxyl groups excluding tert-OH is 1. The molecule has 0 aliphatic carbocycles. The zero-order valence-corrected chi connectivity index (χ0v) is 17.7. The second kappa shape index (κ2) is 10.7. The number of aromatic hydroxyl groups is 1. The molecule has 0 bridgehead atoms. The van der Waals surface area contributed by atoms with Crippen LogP contribution in [0.25, 0.3) is 0 Å². The third kappa shape index (κ3) is 6.68. The van der Waals surface area contributed by atoms with Gasteiger partial charge in [-0.3, -0.25) is 0 Å². The van der Waals surface area contributed by atoms with E-state index < -0.39 is 36.6 Å². The molecule has 4 N–H and O–H groups in total. The lowest BCUT2D eigenvalue weighted by atomic mass is 10.1. The molecular weight excluding hydrogens is 459 g/mol. The molecule has 0 saturated carbocycles. The number of alkyl halides is 3. The first-order valence-electron chi connectivity index (χ1n) is 9.75. The van der Waals surface area contributed by atoms with E-state index in [1.54, 1.807) is 30.3 Å². The number of aromatic nitrogens is 3. The molecule has 2 aromatic carbocycles. The monoisotopic (exact) mass is 479 g/mol. The summed E-state index contributed by atoms with van der Waals surface area (Å²) in [7, 11) is 1.16. The van der Waals surface area contributed by atoms with Crippen LogP contribution < -0.4 is 15.4 Å². The van der Waals surface area contributed by atoms with E-state index in [-0.39, 0.29) is 29.8 Å². The van der Waals surface area contributed by atoms with Gasteiger partial charge in [-0.1, -0.05) is 30.3 Å². The molecule has 1 heterocycles. The zero-order chi connectivity index (χ0) is 24.7. The molecule has 3 rings (SSSR count). The van der Waals surface area contributed by atoms with Crippen molar-refractivity contribution in [3.05, 3.63) is 59.7 Å². The average molecular weight is 479 g/mol. The Morgan fingerprint density at radius 2 is 1.79 bits per heavy atom. The van der Waals surface area contributed by atoms with Gasteiger partial charge in [0.05, 0.1) is 19.8 Å². The summed E-state index contributed by atoms with van der Waals surface area (Å²) in [4.78, 5) is 23.4. The van der Waals surface area contributed by atoms with E-state index >= 15 is 0 Å². The van der Waals surface area contributed by atoms with Crippen molar-refractivity contribution in [2.75, 3.05) is 31.0 Å². The normalized spacial score (nSPS) is 12.0. The van der Waals surface area contributed by atoms with Crippen LogP contribution in [0.5, 0.6) is 11.8 Å². The summed E-state index contributed by atoms with van der Waals surface area (Å²) in [5.74, 6) is -1.55. The molecule has 10 nitrogen and oxygen atoms in total. The van der Waals surface area contributed by atoms with Crippen molar-refractivity contribution in [1.82, 2.24) is 15.0 Å². The van der Waals surface area contributed by atoms with Gasteiger partial charge in [-0.2, -0.15) is 28.1 Å². The fourth-order valence-corrected chi connectivity index (χ4v) is 2.78. The topological polar surface area (TPSA) is 139 Å². The van der Waals surface area contributed by atoms with Gasteiger partial charge in [0.25, 0.3) is 0 Å². The number of benzene rings is 2. The summed E-state index contributed by atoms with van der Waals surface area (Å²) in [5, 5.41) is 25.3. The molecule has 1 aromatic heterocycles. The van der Waals surface area contributed by atoms with Crippen LogP contribution >= 0.6 is 0 Å². The summed E-state index contributed by atoms with van der Waals surface area (Å²) >= 11 is 0. The Kier molecular flexibility index (Phi) is 7.68. The average Bonchev–Trinajstić information content (AvgIpc) is 2.81. The van der Waals surface area contributed by atoms with Crippen LogP contribution in [-0.2, 0) is 4.74 Å². The summed E-state index contributed by atoms with van der Waals surface area (Å²) in [5.41, 5.74) is 0.806. The highest BCUT2D eigenvalue weighted by Crippen LogP contribution is 2.26. The molecule has 0 spiro atoms. The maximum atomic E-state index is 12.6. The first-order chi connectivity index (χ1) is 16.2. The van der Waals surface area contributed by atoms with Gasteiger partial charge in [0.1, 0.15) is 11.3 Å². The lowest BCUT2D eigenvalue weighted by Crippen LogP contribution is -2.21. The predicted octanol–water partition coefficient (Wildman–Crippen LogP) is 3.19. The fourth-order valence-electron chi connectivity index (χ4n) is 2.78. The van der Waals surface area contributed by atoms with Crippen LogP contribution in [0.3, 0.4) is 0 Å². The Hall–Kier alpha value is -4.13. The van der Waals surface area contributed by atoms with Gasteiger partial charge in [-0.15, -0.1) is 0 Å². The first kappa shape index (κ1) is 24.5. The standard InChI is InChI=1S/C21H20F3N5O5/c1-33-17(32)14-8-7-13(9-16(14)31)25-18-27-19(29-20(28-18)34-11-21(22,23)24)26-15(10-30)12-5-3-2-4-6-12/h2-9,15,30-31H,10-11H2,1H3,(H2,25,26,27,28,29)/t15-/m1/s1. The number of phenols is 1. The lowest BCUT2D eigenvalue weighted by Gasteiger charge is -2.18. The van der Waals surface area contributed by atoms with E-state index in [0.29, 0.717) is 5.56 Å². The molecule has 1 atom stereocenters. The Labute approximate surface area is 191 Å². The number of carbonyl (C=O) groups is 1. The van der Waals surface area contributed by atoms with Gasteiger partial charge in [-0.25, -0.2) is 4.79 Å². The predicted molar refractivity (Wildman–Crippen MR) is 114 cm³/mol. The van der Waals surface area contributed by atoms with Crippen molar-refractivity contribution in [2.45, 2.75) is 12.2 Å². The number of hydrogen-bond donors (Lipinski definition) is 4. The van der Waals surface area contributed by atoms with Gasteiger partial charge < -0.3 is 30.3 Å². The summed E-state index contributed by atoms with van der Waals surface area (Å²) < 4.78 is 47.1. The molecule has 0 aliphatic heterocycles. The highest BCUT2D eigenvalue weighted by atomic mass is 19.4. The minimum Gasteiger partial charge on any atom is -0.507 e. The smallest absolute Gasteiger partial charge is 0.422 e. The largest absolute Gasteiger partial charge is 0.507 e. The van der Waals surface area contributed by atoms with Crippen molar-refractivity contribution in [1.29, 1.82) is 0 Å². The SMILES string of the molecule is COC(=O)c1ccc(Nc2nc(N[C@H](CO)c3ccccc3)nc(OCC(F)(F)F)n2)cc1O. The Morgan fingerprint density at radius 1 is 1.09 bits per heavy atom. The number of halogens is 3. The lowest BCUT2D eigenvalue weighted by molar-refractivity contribution is -0.154. The molecule has 0 saturated heterocycles. The molecule has 180 valence electrons. The van der Waals surface area contributed by atoms with Crippen molar-refractivity contribution in [2.24, 2.45) is 0 Å². The van der Waals surface area contributed by atoms with Crippen LogP contribution in [0.15, 0.2) is 48.5 Å². The maximum absolute atomic E-state index is 12.6. The number of ether oxygens (including phenoxy) is 2. The van der Waals surface area contributed by atoms with Crippen LogP contribution in [-0.4, -0.2) is 57.6 Å². The zero-order valence-electron chi connectivity index (χ0n) is 17.7. The Balaban J connectivity index is 1.89. The number of esters is 1. The van der Waals surface area contributed by atoms with Crippen molar-refractivity contribution >= 4 is 23.6 Å². The molecule has 3 aromatic rings. The Bertz CT molecular complexity index is 1130. The number of nitrogens with zero attached hydrogens (tertiary/aromatic N) is 3. The number of anilines is 3. The third-order valence-electron chi connectivity index (χ3n) is 4.33. The van der Waals surface area contributed by atoms with Gasteiger partial charge in [-0.05, 0) is 17.7 Å². The van der Waals surface area contributed by atoms with E-state index in [4.69, 9.17) is 0 Å². The van der Waals surface area contributed by atoms with Crippen LogP contribution in [0.1, 0.15) is 22.0 Å². The minimum atomic E-state index is -4.62. The molecular formula is C21H20F3N5O5. The molecule has 34 heavy (non-hydrogen) atoms. The van der Waals surface area contributed by atoms with Crippen LogP contribution in [0, 0.1) is 0 Å². The van der Waals surface area contributed by atoms with Crippen molar-refractivity contribution in [3.63, 3.8) is 0 Å². The first-order valence-corrected chi connectivity index (χ1v) is 9.75. The third-order valence-corrected chi connectivity index (χ3v) is 4.33. The number of phenolic OH excluding ortho intramolecular Hbond substituents is 1. The van der Waals surface area contributed by atoms with Crippen molar-refractivity contribution in [3.8, 4) is 11.8 Å². The molecule has 0 fully saturated rings. The Morgan fingerprint density at radius 3 is 2.41 bits per heavy atom. The maximum Gasteiger partial charge on any atom is 0.422 e. The highest BCUT2D eigenvalue weighted by molar-refractivity contribution is 5.93. The van der Waals surface area contributed by atoms with E-state index in [2.05, 4.69) is 35.1 Å². The molecule has 0 unspecified atom stereocenters. The number of rotatable bonds is 9. The van der Waals surface area contributed by atoms with Crippen LogP contribution in [0.2, 0.25) is 0 Å². The second-order valence-corrected chi connectivity index (χ2v) is 6.81. The molecule has 0 radical (unpaired) electrons. The van der Waals surface area contributed by atoms with E-state index in [9.17, 15) is 28.2 Å². The van der Waals surface area contributed by atoms with Gasteiger partial charge >= 0.3 is 18.2 Å². The van der Waals surface area contributed by atoms with Crippen molar-refractivity contribution < 1.29 is 37.7 Å². The van der Waals surface area contributed by atoms with E-state index in [1.807, 2.05) is 0 Å². The highest BCUT2D eigenvalue weighted by Gasteiger charge is 2.29. The summed E-state index contributed by atoms with van der Waals surface area (Å²) in [6.45, 7) is -1.99. The minimum absolute atomic E-state index is 0.0890. The number of carbonyl (C=O) groups excluding carboxylic acids is 1. The summed E-state index contributed by atoms with van der Waals surface area (Å²) in [6, 6.07) is 11.3. The molecule has 13 heteroatoms. The second-order valence-electron chi connectivity index (χ2n) is 6.81. The van der Waals surface area contributed by atoms with Crippen LogP contribution in [0.4, 0.5) is 30.8 Å². The van der Waals surface area contributed by atoms with Gasteiger partial charge in [0.2, 0.25) is 11.9 Å². The number of nitrogens with one attached hydrogen (secondary N) is 2. The van der Waals surface area contributed by atoms with E-state index in [0.717, 1.165) is 7.11 Å². The quantitative estimate of drug-likeness (QED) is 0.339. The fraction of sp³-hybridized carbons (Fsp3) is 0.238. The molecule has 0 aliphatic rings. The number of aliphatic hydroxyl groups is 1. The number of methoxy groups -OCH3 is 1. The van der Waals surface area contributed by atoms with Gasteiger partial charge in [0, 0.05) is 11.8 Å². The summed E-state index contributed by atoms with van der Waals surface area (Å²) in [6.07, 6.45) is -4.62. The van der Waals surface area contributed by atoms with E-state index in [1.165, 1.54) is 18.2 Å². The molecule has 0 amide bonds. The number of hydrogen-bond acceptors (Lipinski definition) is 10. The van der Waals surface area contributed by atoms with Gasteiger partial charge in [0.15, 0.2) is 6.61 Å².